The van der Waals surface area contributed by atoms with E-state index in [1.807, 2.05) is 18.0 Å². The van der Waals surface area contributed by atoms with Gasteiger partial charge in [0, 0.05) is 37.6 Å². The van der Waals surface area contributed by atoms with E-state index in [0.29, 0.717) is 11.4 Å². The van der Waals surface area contributed by atoms with Gasteiger partial charge in [-0.15, -0.1) is 0 Å². The van der Waals surface area contributed by atoms with Gasteiger partial charge in [-0.3, -0.25) is 4.79 Å². The molecule has 6 heteroatoms. The minimum Gasteiger partial charge on any atom is -0.381 e. The number of anilines is 1. The number of hydrazine groups is 1. The van der Waals surface area contributed by atoms with Crippen molar-refractivity contribution in [1.29, 1.82) is 0 Å². The Labute approximate surface area is 125 Å². The largest absolute Gasteiger partial charge is 0.381 e. The van der Waals surface area contributed by atoms with Crippen molar-refractivity contribution in [2.45, 2.75) is 38.6 Å². The highest BCUT2D eigenvalue weighted by Crippen LogP contribution is 2.18. The molecule has 1 aliphatic rings. The molecule has 1 aromatic heterocycles. The zero-order valence-electron chi connectivity index (χ0n) is 12.8. The minimum absolute atomic E-state index is 0.0122. The molecule has 1 fully saturated rings. The third-order valence-corrected chi connectivity index (χ3v) is 3.84. The van der Waals surface area contributed by atoms with Crippen molar-refractivity contribution in [3.63, 3.8) is 0 Å². The third kappa shape index (κ3) is 3.92. The standard InChI is InChI=1S/C15H24N4O2/c1-3-4-12-9-11(10-14(17-12)18-16)15(20)19(2)13-5-7-21-8-6-13/h9-10,13H,3-8,16H2,1-2H3,(H,17,18). The topological polar surface area (TPSA) is 80.5 Å². The SMILES string of the molecule is CCCc1cc(C(=O)N(C)C2CCOCC2)cc(NN)n1. The van der Waals surface area contributed by atoms with Gasteiger partial charge >= 0.3 is 0 Å². The molecule has 2 rings (SSSR count). The Morgan fingerprint density at radius 3 is 2.81 bits per heavy atom. The van der Waals surface area contributed by atoms with Gasteiger partial charge in [-0.2, -0.15) is 0 Å². The van der Waals surface area contributed by atoms with Crippen LogP contribution in [0.3, 0.4) is 0 Å². The molecule has 1 amide bonds. The van der Waals surface area contributed by atoms with Gasteiger partial charge in [-0.25, -0.2) is 10.8 Å². The molecule has 2 heterocycles. The van der Waals surface area contributed by atoms with Gasteiger partial charge in [-0.1, -0.05) is 13.3 Å². The number of carbonyl (C=O) groups is 1. The zero-order valence-corrected chi connectivity index (χ0v) is 12.8. The summed E-state index contributed by atoms with van der Waals surface area (Å²) in [6, 6.07) is 3.81. The van der Waals surface area contributed by atoms with E-state index in [0.717, 1.165) is 44.6 Å². The number of nitrogens with one attached hydrogen (secondary N) is 1. The molecule has 0 spiro atoms. The number of hydrogen-bond acceptors (Lipinski definition) is 5. The number of nitrogen functional groups attached to an aromatic ring is 1. The van der Waals surface area contributed by atoms with Gasteiger partial charge in [0.1, 0.15) is 5.82 Å². The average molecular weight is 292 g/mol. The molecule has 0 saturated carbocycles. The summed E-state index contributed by atoms with van der Waals surface area (Å²) in [4.78, 5) is 18.8. The van der Waals surface area contributed by atoms with E-state index in [9.17, 15) is 4.79 Å². The lowest BCUT2D eigenvalue weighted by Crippen LogP contribution is -2.40. The normalized spacial score (nSPS) is 15.8. The van der Waals surface area contributed by atoms with Crippen molar-refractivity contribution in [3.8, 4) is 0 Å². The highest BCUT2D eigenvalue weighted by atomic mass is 16.5. The minimum atomic E-state index is 0.0122. The molecule has 0 atom stereocenters. The van der Waals surface area contributed by atoms with Gasteiger partial charge in [0.25, 0.3) is 5.91 Å². The van der Waals surface area contributed by atoms with Crippen LogP contribution in [0.1, 0.15) is 42.2 Å². The van der Waals surface area contributed by atoms with Crippen LogP contribution in [-0.4, -0.2) is 42.1 Å². The number of pyridine rings is 1. The number of aryl methyl sites for hydroxylation is 1. The molecule has 0 aliphatic carbocycles. The summed E-state index contributed by atoms with van der Waals surface area (Å²) in [6.07, 6.45) is 3.58. The summed E-state index contributed by atoms with van der Waals surface area (Å²) in [5, 5.41) is 0. The fourth-order valence-corrected chi connectivity index (χ4v) is 2.61. The summed E-state index contributed by atoms with van der Waals surface area (Å²) in [6.45, 7) is 3.52. The average Bonchev–Trinajstić information content (AvgIpc) is 2.54. The smallest absolute Gasteiger partial charge is 0.254 e. The Kier molecular flexibility index (Phi) is 5.52. The quantitative estimate of drug-likeness (QED) is 0.636. The molecule has 0 radical (unpaired) electrons. The van der Waals surface area contributed by atoms with Crippen LogP contribution in [0.15, 0.2) is 12.1 Å². The van der Waals surface area contributed by atoms with Crippen molar-refractivity contribution >= 4 is 11.7 Å². The van der Waals surface area contributed by atoms with Crippen molar-refractivity contribution in [3.05, 3.63) is 23.4 Å². The number of aromatic nitrogens is 1. The Bertz CT molecular complexity index is 487. The molecule has 0 unspecified atom stereocenters. The lowest BCUT2D eigenvalue weighted by Gasteiger charge is -2.31. The summed E-state index contributed by atoms with van der Waals surface area (Å²) in [5.41, 5.74) is 4.06. The first-order chi connectivity index (χ1) is 10.2. The predicted molar refractivity (Wildman–Crippen MR) is 82.0 cm³/mol. The molecular formula is C15H24N4O2. The molecule has 6 nitrogen and oxygen atoms in total. The summed E-state index contributed by atoms with van der Waals surface area (Å²) >= 11 is 0. The van der Waals surface area contributed by atoms with E-state index in [-0.39, 0.29) is 11.9 Å². The molecule has 21 heavy (non-hydrogen) atoms. The highest BCUT2D eigenvalue weighted by Gasteiger charge is 2.24. The number of amides is 1. The molecule has 1 aromatic rings. The molecule has 116 valence electrons. The molecule has 3 N–H and O–H groups in total. The Balaban J connectivity index is 2.18. The zero-order chi connectivity index (χ0) is 15.2. The number of carbonyl (C=O) groups excluding carboxylic acids is 1. The van der Waals surface area contributed by atoms with E-state index in [1.54, 1.807) is 6.07 Å². The second kappa shape index (κ2) is 7.38. The summed E-state index contributed by atoms with van der Waals surface area (Å²) in [5.74, 6) is 5.99. The maximum Gasteiger partial charge on any atom is 0.254 e. The van der Waals surface area contributed by atoms with Crippen molar-refractivity contribution < 1.29 is 9.53 Å². The molecular weight excluding hydrogens is 268 g/mol. The van der Waals surface area contributed by atoms with Crippen molar-refractivity contribution in [2.24, 2.45) is 5.84 Å². The van der Waals surface area contributed by atoms with Gasteiger partial charge in [0.15, 0.2) is 0 Å². The first kappa shape index (κ1) is 15.7. The molecule has 0 bridgehead atoms. The number of nitrogens with two attached hydrogens (primary N) is 1. The van der Waals surface area contributed by atoms with E-state index in [1.165, 1.54) is 0 Å². The van der Waals surface area contributed by atoms with Crippen molar-refractivity contribution in [2.75, 3.05) is 25.7 Å². The van der Waals surface area contributed by atoms with Crippen LogP contribution in [0.25, 0.3) is 0 Å². The summed E-state index contributed by atoms with van der Waals surface area (Å²) in [7, 11) is 1.85. The van der Waals surface area contributed by atoms with E-state index in [4.69, 9.17) is 10.6 Å². The van der Waals surface area contributed by atoms with Gasteiger partial charge < -0.3 is 15.1 Å². The first-order valence-electron chi connectivity index (χ1n) is 7.48. The second-order valence-corrected chi connectivity index (χ2v) is 5.39. The van der Waals surface area contributed by atoms with Crippen LogP contribution >= 0.6 is 0 Å². The van der Waals surface area contributed by atoms with Crippen LogP contribution in [0.2, 0.25) is 0 Å². The van der Waals surface area contributed by atoms with Crippen LogP contribution in [0, 0.1) is 0 Å². The first-order valence-corrected chi connectivity index (χ1v) is 7.48. The fourth-order valence-electron chi connectivity index (χ4n) is 2.61. The maximum atomic E-state index is 12.7. The third-order valence-electron chi connectivity index (χ3n) is 3.84. The van der Waals surface area contributed by atoms with Crippen LogP contribution in [0.4, 0.5) is 5.82 Å². The maximum absolute atomic E-state index is 12.7. The number of rotatable bonds is 5. The summed E-state index contributed by atoms with van der Waals surface area (Å²) < 4.78 is 5.35. The number of ether oxygens (including phenoxy) is 1. The number of nitrogens with zero attached hydrogens (tertiary/aromatic N) is 2. The Morgan fingerprint density at radius 2 is 2.19 bits per heavy atom. The fraction of sp³-hybridized carbons (Fsp3) is 0.600. The Hall–Kier alpha value is -1.66. The number of hydrogen-bond donors (Lipinski definition) is 2. The van der Waals surface area contributed by atoms with Crippen LogP contribution in [0.5, 0.6) is 0 Å². The van der Waals surface area contributed by atoms with Crippen LogP contribution in [-0.2, 0) is 11.2 Å². The monoisotopic (exact) mass is 292 g/mol. The van der Waals surface area contributed by atoms with Crippen molar-refractivity contribution in [1.82, 2.24) is 9.88 Å². The highest BCUT2D eigenvalue weighted by molar-refractivity contribution is 5.95. The lowest BCUT2D eigenvalue weighted by molar-refractivity contribution is 0.0362. The van der Waals surface area contributed by atoms with E-state index in [2.05, 4.69) is 17.3 Å². The Morgan fingerprint density at radius 1 is 1.48 bits per heavy atom. The van der Waals surface area contributed by atoms with Gasteiger partial charge in [0.05, 0.1) is 0 Å². The van der Waals surface area contributed by atoms with Gasteiger partial charge in [-0.05, 0) is 31.4 Å². The second-order valence-electron chi connectivity index (χ2n) is 5.39. The predicted octanol–water partition coefficient (Wildman–Crippen LogP) is 1.57. The molecule has 1 aliphatic heterocycles. The van der Waals surface area contributed by atoms with Crippen LogP contribution < -0.4 is 11.3 Å². The molecule has 0 aromatic carbocycles. The lowest BCUT2D eigenvalue weighted by atomic mass is 10.1. The van der Waals surface area contributed by atoms with E-state index >= 15 is 0 Å². The molecule has 1 saturated heterocycles. The van der Waals surface area contributed by atoms with Gasteiger partial charge in [0.2, 0.25) is 0 Å². The van der Waals surface area contributed by atoms with E-state index < -0.39 is 0 Å².